The van der Waals surface area contributed by atoms with Crippen LogP contribution < -0.4 is 5.43 Å². The summed E-state index contributed by atoms with van der Waals surface area (Å²) in [6.45, 7) is 1.78. The standard InChI is InChI=1S/C11H13Cl2N3O/c1-3-14-15-11(7-16(2)17)8-4-9(12)6-10(13)5-8/h3-7,15,17H,1-2H3/b11-7-,14-3-. The Kier molecular flexibility index (Phi) is 5.28. The molecule has 0 fully saturated rings. The zero-order valence-electron chi connectivity index (χ0n) is 9.48. The van der Waals surface area contributed by atoms with Crippen molar-refractivity contribution in [3.8, 4) is 0 Å². The third-order valence-corrected chi connectivity index (χ3v) is 2.24. The normalized spacial score (nSPS) is 11.9. The smallest absolute Gasteiger partial charge is 0.0817 e. The maximum atomic E-state index is 9.22. The van der Waals surface area contributed by atoms with Gasteiger partial charge >= 0.3 is 0 Å². The van der Waals surface area contributed by atoms with Crippen molar-refractivity contribution in [2.45, 2.75) is 6.92 Å². The van der Waals surface area contributed by atoms with Gasteiger partial charge < -0.3 is 0 Å². The van der Waals surface area contributed by atoms with Gasteiger partial charge in [-0.05, 0) is 25.1 Å². The van der Waals surface area contributed by atoms with Crippen LogP contribution in [0.2, 0.25) is 10.0 Å². The van der Waals surface area contributed by atoms with E-state index >= 15 is 0 Å². The van der Waals surface area contributed by atoms with Crippen molar-refractivity contribution < 1.29 is 5.21 Å². The molecule has 6 heteroatoms. The summed E-state index contributed by atoms with van der Waals surface area (Å²) >= 11 is 11.8. The fourth-order valence-electron chi connectivity index (χ4n) is 1.20. The minimum Gasteiger partial charge on any atom is -0.289 e. The summed E-state index contributed by atoms with van der Waals surface area (Å²) in [6.07, 6.45) is 3.06. The van der Waals surface area contributed by atoms with Crippen molar-refractivity contribution in [3.63, 3.8) is 0 Å². The maximum absolute atomic E-state index is 9.22. The first kappa shape index (κ1) is 13.8. The van der Waals surface area contributed by atoms with E-state index < -0.39 is 0 Å². The van der Waals surface area contributed by atoms with E-state index in [9.17, 15) is 5.21 Å². The number of hydrogen-bond acceptors (Lipinski definition) is 4. The number of nitrogens with zero attached hydrogens (tertiary/aromatic N) is 2. The second-order valence-electron chi connectivity index (χ2n) is 3.27. The van der Waals surface area contributed by atoms with Crippen LogP contribution in [0.5, 0.6) is 0 Å². The number of rotatable bonds is 4. The second kappa shape index (κ2) is 6.49. The van der Waals surface area contributed by atoms with E-state index in [1.165, 1.54) is 13.2 Å². The van der Waals surface area contributed by atoms with Gasteiger partial charge in [0.2, 0.25) is 0 Å². The molecule has 0 saturated heterocycles. The lowest BCUT2D eigenvalue weighted by Crippen LogP contribution is -2.11. The van der Waals surface area contributed by atoms with Gasteiger partial charge in [-0.2, -0.15) is 5.10 Å². The largest absolute Gasteiger partial charge is 0.289 e. The molecule has 0 aliphatic carbocycles. The van der Waals surface area contributed by atoms with Crippen LogP contribution in [0, 0.1) is 0 Å². The van der Waals surface area contributed by atoms with E-state index in [-0.39, 0.29) is 0 Å². The first-order valence-electron chi connectivity index (χ1n) is 4.86. The van der Waals surface area contributed by atoms with Crippen LogP contribution in [0.1, 0.15) is 12.5 Å². The van der Waals surface area contributed by atoms with Gasteiger partial charge in [0.1, 0.15) is 0 Å². The van der Waals surface area contributed by atoms with Gasteiger partial charge in [-0.15, -0.1) is 0 Å². The minimum absolute atomic E-state index is 0.515. The van der Waals surface area contributed by atoms with E-state index in [2.05, 4.69) is 10.5 Å². The lowest BCUT2D eigenvalue weighted by Gasteiger charge is -2.11. The highest BCUT2D eigenvalue weighted by atomic mass is 35.5. The summed E-state index contributed by atoms with van der Waals surface area (Å²) in [5.74, 6) is 0. The van der Waals surface area contributed by atoms with Crippen molar-refractivity contribution in [1.82, 2.24) is 10.5 Å². The van der Waals surface area contributed by atoms with Crippen LogP contribution in [0.3, 0.4) is 0 Å². The molecule has 1 rings (SSSR count). The topological polar surface area (TPSA) is 47.9 Å². The van der Waals surface area contributed by atoms with E-state index in [4.69, 9.17) is 23.2 Å². The SMILES string of the molecule is C/C=N\N/C(=C\N(C)O)c1cc(Cl)cc(Cl)c1. The molecule has 17 heavy (non-hydrogen) atoms. The summed E-state index contributed by atoms with van der Waals surface area (Å²) < 4.78 is 0. The Morgan fingerprint density at radius 1 is 1.35 bits per heavy atom. The van der Waals surface area contributed by atoms with Crippen LogP contribution >= 0.6 is 23.2 Å². The first-order chi connectivity index (χ1) is 8.02. The van der Waals surface area contributed by atoms with Crippen molar-refractivity contribution in [2.24, 2.45) is 5.10 Å². The molecular weight excluding hydrogens is 261 g/mol. The number of nitrogens with one attached hydrogen (secondary N) is 1. The summed E-state index contributed by atoms with van der Waals surface area (Å²) in [6, 6.07) is 5.08. The Balaban J connectivity index is 3.12. The summed E-state index contributed by atoms with van der Waals surface area (Å²) in [5.41, 5.74) is 4.09. The van der Waals surface area contributed by atoms with Gasteiger partial charge in [0.25, 0.3) is 0 Å². The zero-order valence-corrected chi connectivity index (χ0v) is 11.0. The molecule has 0 aliphatic rings. The first-order valence-corrected chi connectivity index (χ1v) is 5.62. The second-order valence-corrected chi connectivity index (χ2v) is 4.15. The average Bonchev–Trinajstić information content (AvgIpc) is 2.22. The fourth-order valence-corrected chi connectivity index (χ4v) is 1.72. The molecule has 0 spiro atoms. The van der Waals surface area contributed by atoms with Crippen LogP contribution in [0.15, 0.2) is 29.5 Å². The van der Waals surface area contributed by atoms with Gasteiger partial charge in [0, 0.05) is 28.9 Å². The third-order valence-electron chi connectivity index (χ3n) is 1.80. The average molecular weight is 274 g/mol. The molecule has 2 N–H and O–H groups in total. The molecular formula is C11H13Cl2N3O. The van der Waals surface area contributed by atoms with E-state index in [1.807, 2.05) is 0 Å². The van der Waals surface area contributed by atoms with Gasteiger partial charge in [-0.3, -0.25) is 15.7 Å². The molecule has 92 valence electrons. The molecule has 1 aromatic rings. The van der Waals surface area contributed by atoms with Gasteiger partial charge in [0.05, 0.1) is 11.9 Å². The Hall–Kier alpha value is -1.23. The highest BCUT2D eigenvalue weighted by Gasteiger charge is 2.04. The molecule has 1 aromatic carbocycles. The molecule has 0 saturated carbocycles. The fraction of sp³-hybridized carbons (Fsp3) is 0.182. The molecule has 4 nitrogen and oxygen atoms in total. The molecule has 0 radical (unpaired) electrons. The predicted molar refractivity (Wildman–Crippen MR) is 71.3 cm³/mol. The molecule has 0 unspecified atom stereocenters. The quantitative estimate of drug-likeness (QED) is 0.654. The predicted octanol–water partition coefficient (Wildman–Crippen LogP) is 3.21. The van der Waals surface area contributed by atoms with Crippen LogP contribution in [-0.2, 0) is 0 Å². The molecule has 0 amide bonds. The minimum atomic E-state index is 0.515. The molecule has 0 atom stereocenters. The van der Waals surface area contributed by atoms with E-state index in [1.54, 1.807) is 31.3 Å². The number of hydroxylamine groups is 2. The Morgan fingerprint density at radius 2 is 1.94 bits per heavy atom. The molecule has 0 aliphatic heterocycles. The van der Waals surface area contributed by atoms with Gasteiger partial charge in [-0.1, -0.05) is 23.2 Å². The molecule has 0 heterocycles. The third kappa shape index (κ3) is 4.65. The summed E-state index contributed by atoms with van der Waals surface area (Å²) in [4.78, 5) is 0. The summed E-state index contributed by atoms with van der Waals surface area (Å²) in [7, 11) is 1.49. The van der Waals surface area contributed by atoms with Gasteiger partial charge in [0.15, 0.2) is 0 Å². The Bertz CT molecular complexity index is 424. The number of halogens is 2. The summed E-state index contributed by atoms with van der Waals surface area (Å²) in [5, 5.41) is 15.1. The lowest BCUT2D eigenvalue weighted by molar-refractivity contribution is -0.0125. The van der Waals surface area contributed by atoms with E-state index in [0.717, 1.165) is 10.6 Å². The molecule has 0 bridgehead atoms. The Morgan fingerprint density at radius 3 is 2.41 bits per heavy atom. The van der Waals surface area contributed by atoms with Crippen molar-refractivity contribution >= 4 is 35.1 Å². The Labute approximate surface area is 110 Å². The zero-order chi connectivity index (χ0) is 12.8. The highest BCUT2D eigenvalue weighted by molar-refractivity contribution is 6.34. The number of hydrazone groups is 1. The van der Waals surface area contributed by atoms with Crippen molar-refractivity contribution in [2.75, 3.05) is 7.05 Å². The monoisotopic (exact) mass is 273 g/mol. The highest BCUT2D eigenvalue weighted by Crippen LogP contribution is 2.23. The van der Waals surface area contributed by atoms with E-state index in [0.29, 0.717) is 15.7 Å². The van der Waals surface area contributed by atoms with Crippen LogP contribution in [0.25, 0.3) is 5.70 Å². The van der Waals surface area contributed by atoms with Crippen LogP contribution in [-0.4, -0.2) is 23.5 Å². The van der Waals surface area contributed by atoms with Crippen molar-refractivity contribution in [3.05, 3.63) is 40.0 Å². The van der Waals surface area contributed by atoms with Crippen LogP contribution in [0.4, 0.5) is 0 Å². The lowest BCUT2D eigenvalue weighted by atomic mass is 10.2. The number of hydrogen-bond donors (Lipinski definition) is 2. The van der Waals surface area contributed by atoms with Gasteiger partial charge in [-0.25, -0.2) is 0 Å². The van der Waals surface area contributed by atoms with Crippen molar-refractivity contribution in [1.29, 1.82) is 0 Å². The number of benzene rings is 1. The molecule has 0 aromatic heterocycles. The maximum Gasteiger partial charge on any atom is 0.0817 e.